The molecule has 0 unspecified atom stereocenters. The zero-order valence-corrected chi connectivity index (χ0v) is 33.9. The Morgan fingerprint density at radius 1 is 0.865 bits per heavy atom. The number of halogens is 1. The van der Waals surface area contributed by atoms with Crippen molar-refractivity contribution in [2.45, 2.75) is 45.1 Å². The first-order valence-corrected chi connectivity index (χ1v) is 19.4. The number of rotatable bonds is 9. The van der Waals surface area contributed by atoms with Crippen LogP contribution < -0.4 is 42.9 Å². The van der Waals surface area contributed by atoms with Crippen molar-refractivity contribution in [3.05, 3.63) is 143 Å². The second kappa shape index (κ2) is 15.5. The van der Waals surface area contributed by atoms with Gasteiger partial charge < -0.3 is 38.4 Å². The van der Waals surface area contributed by atoms with Crippen molar-refractivity contribution in [2.75, 3.05) is 25.2 Å². The van der Waals surface area contributed by atoms with Crippen LogP contribution in [0.4, 0.5) is 5.69 Å². The number of thiazole rings is 1. The molecule has 5 aromatic carbocycles. The van der Waals surface area contributed by atoms with E-state index < -0.39 is 0 Å². The second-order valence-electron chi connectivity index (χ2n) is 14.1. The van der Waals surface area contributed by atoms with E-state index in [0.717, 1.165) is 37.4 Å². The van der Waals surface area contributed by atoms with Gasteiger partial charge in [0.25, 0.3) is 5.01 Å². The molecule has 264 valence electrons. The van der Waals surface area contributed by atoms with Gasteiger partial charge in [-0.15, -0.1) is 0 Å². The summed E-state index contributed by atoms with van der Waals surface area (Å²) in [4.78, 5) is 3.84. The van der Waals surface area contributed by atoms with Gasteiger partial charge in [0, 0.05) is 29.6 Å². The van der Waals surface area contributed by atoms with E-state index in [1.54, 1.807) is 18.4 Å². The molecular weight excluding hydrogens is 792 g/mol. The van der Waals surface area contributed by atoms with Crippen LogP contribution in [-0.2, 0) is 6.54 Å². The first-order valence-electron chi connectivity index (χ1n) is 17.8. The van der Waals surface area contributed by atoms with Gasteiger partial charge >= 0.3 is 0 Å². The van der Waals surface area contributed by atoms with Gasteiger partial charge in [0.05, 0.1) is 17.8 Å². The Bertz CT molecular complexity index is 2400. The van der Waals surface area contributed by atoms with Crippen molar-refractivity contribution < 1.29 is 38.0 Å². The fourth-order valence-electron chi connectivity index (χ4n) is 7.46. The predicted octanol–water partition coefficient (Wildman–Crippen LogP) is 8.75. The molecule has 8 rings (SSSR count). The van der Waals surface area contributed by atoms with Crippen molar-refractivity contribution in [3.8, 4) is 11.5 Å². The van der Waals surface area contributed by atoms with E-state index in [4.69, 9.17) is 9.47 Å². The zero-order chi connectivity index (χ0) is 35.0. The Morgan fingerprint density at radius 2 is 1.63 bits per heavy atom. The zero-order valence-electron chi connectivity index (χ0n) is 30.1. The molecule has 0 amide bonds. The number of fused-ring (bicyclic) bond motifs is 5. The maximum absolute atomic E-state index is 6.29. The van der Waals surface area contributed by atoms with Crippen LogP contribution in [0.15, 0.2) is 142 Å². The van der Waals surface area contributed by atoms with Gasteiger partial charge in [0.1, 0.15) is 22.8 Å². The highest BCUT2D eigenvalue weighted by Gasteiger charge is 2.29. The lowest BCUT2D eigenvalue weighted by Crippen LogP contribution is -3.00. The van der Waals surface area contributed by atoms with Gasteiger partial charge in [-0.25, -0.2) is 0 Å². The average molecular weight is 835 g/mol. The Balaban J connectivity index is 0.00000420. The summed E-state index contributed by atoms with van der Waals surface area (Å²) in [5.74, 6) is 1.76. The molecule has 0 atom stereocenters. The summed E-state index contributed by atoms with van der Waals surface area (Å²) in [6.07, 6.45) is 13.7. The highest BCUT2D eigenvalue weighted by molar-refractivity contribution is 8.04. The van der Waals surface area contributed by atoms with Gasteiger partial charge in [-0.3, -0.25) is 0 Å². The lowest BCUT2D eigenvalue weighted by atomic mass is 9.75. The van der Waals surface area contributed by atoms with E-state index in [-0.39, 0.29) is 29.4 Å². The molecule has 0 N–H and O–H groups in total. The maximum atomic E-state index is 6.29. The summed E-state index contributed by atoms with van der Waals surface area (Å²) in [5, 5.41) is 7.54. The highest BCUT2D eigenvalue weighted by atomic mass is 127. The fraction of sp³-hybridized carbons (Fsp3) is 0.222. The lowest BCUT2D eigenvalue weighted by Gasteiger charge is -2.31. The Kier molecular flexibility index (Phi) is 10.8. The number of aromatic nitrogens is 1. The molecule has 0 saturated heterocycles. The van der Waals surface area contributed by atoms with Crippen LogP contribution in [0, 0.1) is 5.41 Å². The van der Waals surface area contributed by atoms with Crippen molar-refractivity contribution in [2.24, 2.45) is 5.41 Å². The average Bonchev–Trinajstić information content (AvgIpc) is 3.67. The number of hydrogen-bond acceptors (Lipinski definition) is 5. The molecule has 1 aromatic heterocycles. The minimum atomic E-state index is 0. The van der Waals surface area contributed by atoms with Crippen molar-refractivity contribution >= 4 is 66.6 Å². The lowest BCUT2D eigenvalue weighted by molar-refractivity contribution is -0.669. The quantitative estimate of drug-likeness (QED) is 0.108. The minimum Gasteiger partial charge on any atom is -1.00 e. The maximum Gasteiger partial charge on any atom is 0.262 e. The number of methoxy groups -OCH3 is 1. The fourth-order valence-corrected chi connectivity index (χ4v) is 9.93. The SMILES string of the molecule is CCN1C(=CC2=CC(=CC=Cc3sc4cc(OC)ccc4[n+]3CCOc3ccc4ccccc4c3)CC(C)(C)C2)Sc2c1ccc1ccccc21.[I-]. The van der Waals surface area contributed by atoms with Crippen LogP contribution in [0.2, 0.25) is 0 Å². The highest BCUT2D eigenvalue weighted by Crippen LogP contribution is 2.50. The number of benzene rings is 5. The van der Waals surface area contributed by atoms with E-state index >= 15 is 0 Å². The Labute approximate surface area is 332 Å². The summed E-state index contributed by atoms with van der Waals surface area (Å²) >= 11 is 3.70. The van der Waals surface area contributed by atoms with Crippen LogP contribution in [0.5, 0.6) is 11.5 Å². The minimum absolute atomic E-state index is 0. The number of allylic oxidation sites excluding steroid dienone is 6. The molecule has 7 heteroatoms. The van der Waals surface area contributed by atoms with E-state index in [1.807, 2.05) is 17.8 Å². The largest absolute Gasteiger partial charge is 1.00 e. The number of ether oxygens (including phenoxy) is 2. The van der Waals surface area contributed by atoms with Crippen LogP contribution >= 0.6 is 23.1 Å². The van der Waals surface area contributed by atoms with Crippen molar-refractivity contribution in [1.29, 1.82) is 0 Å². The van der Waals surface area contributed by atoms with Crippen LogP contribution in [0.3, 0.4) is 0 Å². The van der Waals surface area contributed by atoms with E-state index in [2.05, 4.69) is 152 Å². The number of thioether (sulfide) groups is 1. The first-order chi connectivity index (χ1) is 24.9. The summed E-state index contributed by atoms with van der Waals surface area (Å²) < 4.78 is 15.4. The monoisotopic (exact) mass is 834 g/mol. The molecule has 2 aliphatic rings. The third kappa shape index (κ3) is 7.54. The Hall–Kier alpha value is -4.05. The van der Waals surface area contributed by atoms with Gasteiger partial charge in [-0.1, -0.05) is 116 Å². The Morgan fingerprint density at radius 3 is 2.46 bits per heavy atom. The molecule has 0 radical (unpaired) electrons. The molecule has 52 heavy (non-hydrogen) atoms. The molecule has 1 aliphatic carbocycles. The van der Waals surface area contributed by atoms with Crippen molar-refractivity contribution in [1.82, 2.24) is 0 Å². The van der Waals surface area contributed by atoms with Gasteiger partial charge in [0.2, 0.25) is 5.52 Å². The van der Waals surface area contributed by atoms with Crippen LogP contribution in [0.1, 0.15) is 38.6 Å². The van der Waals surface area contributed by atoms with E-state index in [1.165, 1.54) is 63.5 Å². The smallest absolute Gasteiger partial charge is 0.262 e. The third-order valence-electron chi connectivity index (χ3n) is 9.78. The third-order valence-corrected chi connectivity index (χ3v) is 12.1. The summed E-state index contributed by atoms with van der Waals surface area (Å²) in [6, 6.07) is 34.3. The molecule has 2 heterocycles. The molecule has 4 nitrogen and oxygen atoms in total. The molecule has 1 aliphatic heterocycles. The second-order valence-corrected chi connectivity index (χ2v) is 16.2. The van der Waals surface area contributed by atoms with Crippen LogP contribution in [0.25, 0.3) is 37.8 Å². The van der Waals surface area contributed by atoms with E-state index in [9.17, 15) is 0 Å². The van der Waals surface area contributed by atoms with Crippen LogP contribution in [-0.4, -0.2) is 20.3 Å². The normalized spacial score (nSPS) is 16.9. The molecule has 0 spiro atoms. The summed E-state index contributed by atoms with van der Waals surface area (Å²) in [5.41, 5.74) is 5.43. The molecule has 0 saturated carbocycles. The number of nitrogens with zero attached hydrogens (tertiary/aromatic N) is 2. The first kappa shape index (κ1) is 36.3. The molecule has 6 aromatic rings. The topological polar surface area (TPSA) is 25.6 Å². The summed E-state index contributed by atoms with van der Waals surface area (Å²) in [6.45, 7) is 9.29. The van der Waals surface area contributed by atoms with Gasteiger partial charge in [-0.05, 0) is 88.2 Å². The molecule has 0 fully saturated rings. The standard InChI is InChI=1S/C45H43N2O2S2.HI/c1-5-46-40-21-18-34-13-8-9-15-38(34)44(40)51-43(46)26-32-25-31(29-45(2,3)30-32)11-10-16-42-47(39-22-20-36(48-4)28-41(39)50-42)23-24-49-37-19-17-33-12-6-7-14-35(33)27-37;/h6-22,25-28H,5,23-24,29-30H2,1-4H3;1H/q+1;/p-1. The van der Waals surface area contributed by atoms with Gasteiger partial charge in [-0.2, -0.15) is 4.57 Å². The summed E-state index contributed by atoms with van der Waals surface area (Å²) in [7, 11) is 1.72. The molecular formula is C45H43IN2O2S2. The van der Waals surface area contributed by atoms with Crippen molar-refractivity contribution in [3.63, 3.8) is 0 Å². The predicted molar refractivity (Wildman–Crippen MR) is 217 cm³/mol. The van der Waals surface area contributed by atoms with Gasteiger partial charge in [0.15, 0.2) is 6.54 Å². The molecule has 0 bridgehead atoms. The van der Waals surface area contributed by atoms with E-state index in [0.29, 0.717) is 6.61 Å². The number of anilines is 1. The number of hydrogen-bond donors (Lipinski definition) is 0.